The summed E-state index contributed by atoms with van der Waals surface area (Å²) in [7, 11) is 1.36. The SMILES string of the molecule is COC(=O)CCNc1nc(Cl)nc2ccccc12. The van der Waals surface area contributed by atoms with E-state index in [1.807, 2.05) is 24.3 Å². The highest BCUT2D eigenvalue weighted by Crippen LogP contribution is 2.21. The predicted octanol–water partition coefficient (Wildman–Crippen LogP) is 2.26. The van der Waals surface area contributed by atoms with E-state index in [2.05, 4.69) is 20.0 Å². The second-order valence-corrected chi connectivity index (χ2v) is 3.95. The molecule has 94 valence electrons. The van der Waals surface area contributed by atoms with Gasteiger partial charge in [0, 0.05) is 11.9 Å². The number of carbonyl (C=O) groups excluding carboxylic acids is 1. The number of nitrogens with one attached hydrogen (secondary N) is 1. The maximum absolute atomic E-state index is 11.0. The predicted molar refractivity (Wildman–Crippen MR) is 69.7 cm³/mol. The molecule has 0 aliphatic rings. The van der Waals surface area contributed by atoms with Crippen LogP contribution in [0.3, 0.4) is 0 Å². The molecular formula is C12H12ClN3O2. The highest BCUT2D eigenvalue weighted by molar-refractivity contribution is 6.28. The van der Waals surface area contributed by atoms with Crippen LogP contribution in [0.1, 0.15) is 6.42 Å². The molecule has 0 saturated carbocycles. The fourth-order valence-electron chi connectivity index (χ4n) is 1.57. The molecule has 0 atom stereocenters. The van der Waals surface area contributed by atoms with Gasteiger partial charge < -0.3 is 10.1 Å². The molecule has 0 fully saturated rings. The lowest BCUT2D eigenvalue weighted by Crippen LogP contribution is -2.11. The molecule has 0 spiro atoms. The summed E-state index contributed by atoms with van der Waals surface area (Å²) in [6, 6.07) is 7.52. The van der Waals surface area contributed by atoms with Gasteiger partial charge in [0.25, 0.3) is 0 Å². The number of esters is 1. The van der Waals surface area contributed by atoms with Gasteiger partial charge in [-0.1, -0.05) is 12.1 Å². The average molecular weight is 266 g/mol. The zero-order valence-electron chi connectivity index (χ0n) is 9.81. The lowest BCUT2D eigenvalue weighted by Gasteiger charge is -2.08. The van der Waals surface area contributed by atoms with Crippen LogP contribution in [0, 0.1) is 0 Å². The van der Waals surface area contributed by atoms with Crippen LogP contribution in [-0.2, 0) is 9.53 Å². The van der Waals surface area contributed by atoms with Crippen LogP contribution in [0.25, 0.3) is 10.9 Å². The maximum atomic E-state index is 11.0. The van der Waals surface area contributed by atoms with Gasteiger partial charge >= 0.3 is 5.97 Å². The van der Waals surface area contributed by atoms with Gasteiger partial charge in [-0.2, -0.15) is 0 Å². The Hall–Kier alpha value is -1.88. The number of hydrogen-bond acceptors (Lipinski definition) is 5. The fraction of sp³-hybridized carbons (Fsp3) is 0.250. The van der Waals surface area contributed by atoms with Crippen molar-refractivity contribution in [1.82, 2.24) is 9.97 Å². The van der Waals surface area contributed by atoms with E-state index in [4.69, 9.17) is 11.6 Å². The molecule has 0 unspecified atom stereocenters. The standard InChI is InChI=1S/C12H12ClN3O2/c1-18-10(17)6-7-14-11-8-4-2-3-5-9(8)15-12(13)16-11/h2-5H,6-7H2,1H3,(H,14,15,16). The van der Waals surface area contributed by atoms with Crippen LogP contribution in [0.5, 0.6) is 0 Å². The number of fused-ring (bicyclic) bond motifs is 1. The summed E-state index contributed by atoms with van der Waals surface area (Å²) in [5, 5.41) is 4.10. The van der Waals surface area contributed by atoms with Crippen LogP contribution in [-0.4, -0.2) is 29.6 Å². The third-order valence-corrected chi connectivity index (χ3v) is 2.59. The van der Waals surface area contributed by atoms with E-state index in [0.717, 1.165) is 10.9 Å². The number of para-hydroxylation sites is 1. The van der Waals surface area contributed by atoms with E-state index in [9.17, 15) is 4.79 Å². The second kappa shape index (κ2) is 5.64. The van der Waals surface area contributed by atoms with Crippen molar-refractivity contribution in [1.29, 1.82) is 0 Å². The Morgan fingerprint density at radius 2 is 2.17 bits per heavy atom. The number of benzene rings is 1. The van der Waals surface area contributed by atoms with E-state index >= 15 is 0 Å². The lowest BCUT2D eigenvalue weighted by molar-refractivity contribution is -0.140. The van der Waals surface area contributed by atoms with Gasteiger partial charge in [0.2, 0.25) is 5.28 Å². The molecule has 1 N–H and O–H groups in total. The second-order valence-electron chi connectivity index (χ2n) is 3.61. The minimum Gasteiger partial charge on any atom is -0.469 e. The number of aromatic nitrogens is 2. The molecule has 0 radical (unpaired) electrons. The molecule has 1 aromatic heterocycles. The van der Waals surface area contributed by atoms with E-state index in [0.29, 0.717) is 12.4 Å². The third kappa shape index (κ3) is 2.87. The number of hydrogen-bond donors (Lipinski definition) is 1. The molecule has 0 saturated heterocycles. The van der Waals surface area contributed by atoms with Crippen LogP contribution in [0.15, 0.2) is 24.3 Å². The number of rotatable bonds is 4. The smallest absolute Gasteiger partial charge is 0.307 e. The summed E-state index contributed by atoms with van der Waals surface area (Å²) in [6.07, 6.45) is 0.270. The maximum Gasteiger partial charge on any atom is 0.307 e. The molecule has 2 rings (SSSR count). The van der Waals surface area contributed by atoms with Crippen LogP contribution < -0.4 is 5.32 Å². The molecule has 0 bridgehead atoms. The third-order valence-electron chi connectivity index (χ3n) is 2.43. The number of nitrogens with zero attached hydrogens (tertiary/aromatic N) is 2. The number of halogens is 1. The summed E-state index contributed by atoms with van der Waals surface area (Å²) in [5.74, 6) is 0.349. The summed E-state index contributed by atoms with van der Waals surface area (Å²) >= 11 is 5.84. The molecule has 5 nitrogen and oxygen atoms in total. The van der Waals surface area contributed by atoms with Gasteiger partial charge in [0.05, 0.1) is 19.0 Å². The average Bonchev–Trinajstić information content (AvgIpc) is 2.38. The van der Waals surface area contributed by atoms with Crippen molar-refractivity contribution in [2.45, 2.75) is 6.42 Å². The number of methoxy groups -OCH3 is 1. The molecule has 0 aliphatic heterocycles. The van der Waals surface area contributed by atoms with Crippen molar-refractivity contribution in [3.05, 3.63) is 29.5 Å². The Balaban J connectivity index is 2.19. The largest absolute Gasteiger partial charge is 0.469 e. The van der Waals surface area contributed by atoms with Gasteiger partial charge in [0.15, 0.2) is 0 Å². The topological polar surface area (TPSA) is 64.1 Å². The number of carbonyl (C=O) groups is 1. The van der Waals surface area contributed by atoms with Crippen molar-refractivity contribution >= 4 is 34.3 Å². The van der Waals surface area contributed by atoms with E-state index < -0.39 is 0 Å². The highest BCUT2D eigenvalue weighted by atomic mass is 35.5. The van der Waals surface area contributed by atoms with Gasteiger partial charge in [-0.25, -0.2) is 9.97 Å². The summed E-state index contributed by atoms with van der Waals surface area (Å²) < 4.78 is 4.56. The Morgan fingerprint density at radius 3 is 2.94 bits per heavy atom. The first kappa shape index (κ1) is 12.6. The first-order valence-electron chi connectivity index (χ1n) is 5.43. The molecule has 0 aliphatic carbocycles. The van der Waals surface area contributed by atoms with Crippen LogP contribution >= 0.6 is 11.6 Å². The quantitative estimate of drug-likeness (QED) is 0.679. The van der Waals surface area contributed by atoms with Crippen molar-refractivity contribution < 1.29 is 9.53 Å². The van der Waals surface area contributed by atoms with Crippen LogP contribution in [0.4, 0.5) is 5.82 Å². The van der Waals surface area contributed by atoms with E-state index in [1.54, 1.807) is 0 Å². The Bertz CT molecular complexity index is 574. The summed E-state index contributed by atoms with van der Waals surface area (Å²) in [5.41, 5.74) is 0.762. The Morgan fingerprint density at radius 1 is 1.39 bits per heavy atom. The normalized spacial score (nSPS) is 10.3. The first-order valence-corrected chi connectivity index (χ1v) is 5.81. The minimum absolute atomic E-state index is 0.175. The van der Waals surface area contributed by atoms with Gasteiger partial charge in [-0.05, 0) is 23.7 Å². The number of anilines is 1. The zero-order chi connectivity index (χ0) is 13.0. The minimum atomic E-state index is -0.271. The van der Waals surface area contributed by atoms with Gasteiger partial charge in [0.1, 0.15) is 5.82 Å². The zero-order valence-corrected chi connectivity index (χ0v) is 10.6. The van der Waals surface area contributed by atoms with Crippen molar-refractivity contribution in [2.24, 2.45) is 0 Å². The molecular weight excluding hydrogens is 254 g/mol. The van der Waals surface area contributed by atoms with Crippen molar-refractivity contribution in [3.63, 3.8) is 0 Å². The monoisotopic (exact) mass is 265 g/mol. The molecule has 1 aromatic carbocycles. The van der Waals surface area contributed by atoms with Gasteiger partial charge in [-0.3, -0.25) is 4.79 Å². The molecule has 1 heterocycles. The summed E-state index contributed by atoms with van der Waals surface area (Å²) in [6.45, 7) is 0.435. The Labute approximate surface area is 109 Å². The Kier molecular flexibility index (Phi) is 3.94. The first-order chi connectivity index (χ1) is 8.70. The van der Waals surface area contributed by atoms with Crippen LogP contribution in [0.2, 0.25) is 5.28 Å². The van der Waals surface area contributed by atoms with Gasteiger partial charge in [-0.15, -0.1) is 0 Å². The summed E-state index contributed by atoms with van der Waals surface area (Å²) in [4.78, 5) is 19.2. The molecule has 0 amide bonds. The van der Waals surface area contributed by atoms with Crippen molar-refractivity contribution in [3.8, 4) is 0 Å². The van der Waals surface area contributed by atoms with E-state index in [1.165, 1.54) is 7.11 Å². The number of ether oxygens (including phenoxy) is 1. The molecule has 2 aromatic rings. The lowest BCUT2D eigenvalue weighted by atomic mass is 10.2. The van der Waals surface area contributed by atoms with E-state index in [-0.39, 0.29) is 17.7 Å². The fourth-order valence-corrected chi connectivity index (χ4v) is 1.74. The highest BCUT2D eigenvalue weighted by Gasteiger charge is 2.06. The van der Waals surface area contributed by atoms with Crippen molar-refractivity contribution in [2.75, 3.05) is 19.0 Å². The molecule has 6 heteroatoms. The molecule has 18 heavy (non-hydrogen) atoms.